The Labute approximate surface area is 98.2 Å². The number of hydrogen-bond acceptors (Lipinski definition) is 3. The Hall–Kier alpha value is -1.51. The van der Waals surface area contributed by atoms with Gasteiger partial charge in [-0.25, -0.2) is 8.78 Å². The lowest BCUT2D eigenvalue weighted by molar-refractivity contribution is -0.0256. The Balaban J connectivity index is 2.11. The first-order chi connectivity index (χ1) is 8.20. The average Bonchev–Trinajstić information content (AvgIpc) is 2.33. The van der Waals surface area contributed by atoms with E-state index < -0.39 is 11.6 Å². The van der Waals surface area contributed by atoms with Gasteiger partial charge in [0.05, 0.1) is 25.3 Å². The molecule has 5 heteroatoms. The van der Waals surface area contributed by atoms with Gasteiger partial charge in [0.2, 0.25) is 0 Å². The molecule has 0 amide bonds. The summed E-state index contributed by atoms with van der Waals surface area (Å²) in [6.45, 7) is 2.03. The van der Waals surface area contributed by atoms with Crippen molar-refractivity contribution in [1.82, 2.24) is 4.90 Å². The molecule has 1 saturated heterocycles. The molecular weight excluding hydrogens is 226 g/mol. The molecule has 1 heterocycles. The van der Waals surface area contributed by atoms with Crippen molar-refractivity contribution in [2.75, 3.05) is 26.2 Å². The van der Waals surface area contributed by atoms with Crippen LogP contribution in [0, 0.1) is 23.0 Å². The first-order valence-electron chi connectivity index (χ1n) is 5.36. The first-order valence-corrected chi connectivity index (χ1v) is 5.36. The van der Waals surface area contributed by atoms with Crippen molar-refractivity contribution >= 4 is 0 Å². The molecule has 1 aromatic carbocycles. The summed E-state index contributed by atoms with van der Waals surface area (Å²) in [5, 5.41) is 8.61. The smallest absolute Gasteiger partial charge is 0.159 e. The highest BCUT2D eigenvalue weighted by Crippen LogP contribution is 2.23. The summed E-state index contributed by atoms with van der Waals surface area (Å²) < 4.78 is 31.4. The van der Waals surface area contributed by atoms with E-state index in [9.17, 15) is 8.78 Å². The van der Waals surface area contributed by atoms with Gasteiger partial charge in [0, 0.05) is 13.1 Å². The fourth-order valence-electron chi connectivity index (χ4n) is 1.86. The quantitative estimate of drug-likeness (QED) is 0.738. The summed E-state index contributed by atoms with van der Waals surface area (Å²) in [5.41, 5.74) is 0.603. The minimum atomic E-state index is -0.872. The lowest BCUT2D eigenvalue weighted by atomic mass is 10.1. The molecule has 0 radical (unpaired) electrons. The van der Waals surface area contributed by atoms with E-state index in [1.54, 1.807) is 0 Å². The number of halogens is 2. The van der Waals surface area contributed by atoms with Crippen LogP contribution in [0.15, 0.2) is 18.2 Å². The van der Waals surface area contributed by atoms with E-state index in [1.807, 2.05) is 4.90 Å². The van der Waals surface area contributed by atoms with Gasteiger partial charge in [0.15, 0.2) is 11.6 Å². The molecule has 1 aromatic rings. The molecule has 1 atom stereocenters. The normalized spacial score (nSPS) is 21.1. The highest BCUT2D eigenvalue weighted by atomic mass is 19.2. The van der Waals surface area contributed by atoms with Gasteiger partial charge in [-0.3, -0.25) is 4.90 Å². The van der Waals surface area contributed by atoms with Gasteiger partial charge >= 0.3 is 0 Å². The van der Waals surface area contributed by atoms with E-state index in [0.717, 1.165) is 12.1 Å². The minimum absolute atomic E-state index is 0.299. The molecular formula is C12H12F2N2O. The fraction of sp³-hybridized carbons (Fsp3) is 0.417. The Morgan fingerprint density at radius 2 is 2.24 bits per heavy atom. The molecule has 0 N–H and O–H groups in total. The summed E-state index contributed by atoms with van der Waals surface area (Å²) >= 11 is 0. The molecule has 90 valence electrons. The highest BCUT2D eigenvalue weighted by molar-refractivity contribution is 5.21. The Bertz CT molecular complexity index is 445. The second kappa shape index (κ2) is 5.21. The molecule has 17 heavy (non-hydrogen) atoms. The molecule has 2 rings (SSSR count). The van der Waals surface area contributed by atoms with E-state index >= 15 is 0 Å². The van der Waals surface area contributed by atoms with Crippen LogP contribution in [0.1, 0.15) is 11.7 Å². The number of morpholine rings is 1. The van der Waals surface area contributed by atoms with Gasteiger partial charge in [0.1, 0.15) is 0 Å². The predicted octanol–water partition coefficient (Wildman–Crippen LogP) is 1.86. The zero-order chi connectivity index (χ0) is 12.3. The van der Waals surface area contributed by atoms with E-state index in [1.165, 1.54) is 6.07 Å². The van der Waals surface area contributed by atoms with Crippen molar-refractivity contribution < 1.29 is 13.5 Å². The third kappa shape index (κ3) is 2.78. The van der Waals surface area contributed by atoms with Crippen molar-refractivity contribution in [2.45, 2.75) is 6.10 Å². The van der Waals surface area contributed by atoms with Crippen LogP contribution in [-0.2, 0) is 4.74 Å². The molecule has 0 aliphatic carbocycles. The monoisotopic (exact) mass is 238 g/mol. The summed E-state index contributed by atoms with van der Waals surface area (Å²) in [5.74, 6) is -1.73. The first kappa shape index (κ1) is 12.0. The van der Waals surface area contributed by atoms with Gasteiger partial charge in [-0.2, -0.15) is 5.26 Å². The maximum atomic E-state index is 13.1. The SMILES string of the molecule is N#CCN1CCO[C@H](c2ccc(F)c(F)c2)C1. The Morgan fingerprint density at radius 1 is 1.41 bits per heavy atom. The van der Waals surface area contributed by atoms with Gasteiger partial charge in [-0.1, -0.05) is 6.07 Å². The van der Waals surface area contributed by atoms with E-state index in [0.29, 0.717) is 31.8 Å². The molecule has 0 aromatic heterocycles. The molecule has 0 unspecified atom stereocenters. The van der Waals surface area contributed by atoms with Crippen LogP contribution in [0.4, 0.5) is 8.78 Å². The van der Waals surface area contributed by atoms with Crippen molar-refractivity contribution in [2.24, 2.45) is 0 Å². The van der Waals surface area contributed by atoms with Crippen LogP contribution in [0.3, 0.4) is 0 Å². The highest BCUT2D eigenvalue weighted by Gasteiger charge is 2.22. The third-order valence-corrected chi connectivity index (χ3v) is 2.76. The van der Waals surface area contributed by atoms with Crippen LogP contribution in [0.2, 0.25) is 0 Å². The van der Waals surface area contributed by atoms with Gasteiger partial charge in [-0.05, 0) is 17.7 Å². The maximum Gasteiger partial charge on any atom is 0.159 e. The van der Waals surface area contributed by atoms with Crippen molar-refractivity contribution in [3.8, 4) is 6.07 Å². The summed E-state index contributed by atoms with van der Waals surface area (Å²) in [6.07, 6.45) is -0.299. The third-order valence-electron chi connectivity index (χ3n) is 2.76. The van der Waals surface area contributed by atoms with E-state index in [2.05, 4.69) is 6.07 Å². The standard InChI is InChI=1S/C12H12F2N2O/c13-10-2-1-9(7-11(10)14)12-8-16(4-3-15)5-6-17-12/h1-2,7,12H,4-6,8H2/t12-/m0/s1. The molecule has 3 nitrogen and oxygen atoms in total. The van der Waals surface area contributed by atoms with E-state index in [-0.39, 0.29) is 6.10 Å². The van der Waals surface area contributed by atoms with Crippen LogP contribution < -0.4 is 0 Å². The Morgan fingerprint density at radius 3 is 2.94 bits per heavy atom. The fourth-order valence-corrected chi connectivity index (χ4v) is 1.86. The number of hydrogen-bond donors (Lipinski definition) is 0. The van der Waals surface area contributed by atoms with Crippen LogP contribution in [-0.4, -0.2) is 31.1 Å². The van der Waals surface area contributed by atoms with Crippen LogP contribution >= 0.6 is 0 Å². The van der Waals surface area contributed by atoms with Gasteiger partial charge in [0.25, 0.3) is 0 Å². The largest absolute Gasteiger partial charge is 0.371 e. The van der Waals surface area contributed by atoms with Crippen molar-refractivity contribution in [1.29, 1.82) is 5.26 Å². The molecule has 0 spiro atoms. The lowest BCUT2D eigenvalue weighted by Gasteiger charge is -2.31. The molecule has 1 aliphatic rings. The van der Waals surface area contributed by atoms with Crippen molar-refractivity contribution in [3.63, 3.8) is 0 Å². The number of benzene rings is 1. The minimum Gasteiger partial charge on any atom is -0.371 e. The van der Waals surface area contributed by atoms with Crippen LogP contribution in [0.25, 0.3) is 0 Å². The summed E-state index contributed by atoms with van der Waals surface area (Å²) in [6, 6.07) is 5.82. The second-order valence-corrected chi connectivity index (χ2v) is 3.93. The number of ether oxygens (including phenoxy) is 1. The molecule has 0 bridgehead atoms. The molecule has 0 saturated carbocycles. The lowest BCUT2D eigenvalue weighted by Crippen LogP contribution is -2.38. The van der Waals surface area contributed by atoms with Crippen molar-refractivity contribution in [3.05, 3.63) is 35.4 Å². The van der Waals surface area contributed by atoms with Gasteiger partial charge in [-0.15, -0.1) is 0 Å². The zero-order valence-electron chi connectivity index (χ0n) is 9.20. The zero-order valence-corrected chi connectivity index (χ0v) is 9.20. The predicted molar refractivity (Wildman–Crippen MR) is 57.1 cm³/mol. The molecule has 1 fully saturated rings. The second-order valence-electron chi connectivity index (χ2n) is 3.93. The summed E-state index contributed by atoms with van der Waals surface area (Å²) in [7, 11) is 0. The number of nitriles is 1. The number of rotatable bonds is 2. The Kier molecular flexibility index (Phi) is 3.67. The van der Waals surface area contributed by atoms with Crippen LogP contribution in [0.5, 0.6) is 0 Å². The summed E-state index contributed by atoms with van der Waals surface area (Å²) in [4.78, 5) is 1.93. The average molecular weight is 238 g/mol. The van der Waals surface area contributed by atoms with E-state index in [4.69, 9.17) is 10.00 Å². The number of nitrogens with zero attached hydrogens (tertiary/aromatic N) is 2. The topological polar surface area (TPSA) is 36.3 Å². The van der Waals surface area contributed by atoms with Gasteiger partial charge < -0.3 is 4.74 Å². The maximum absolute atomic E-state index is 13.1. The molecule has 1 aliphatic heterocycles.